The number of benzene rings is 1. The Morgan fingerprint density at radius 1 is 1.18 bits per heavy atom. The summed E-state index contributed by atoms with van der Waals surface area (Å²) in [6.45, 7) is 0. The zero-order valence-corrected chi connectivity index (χ0v) is 12.4. The Labute approximate surface area is 120 Å². The fourth-order valence-corrected chi connectivity index (χ4v) is 2.68. The van der Waals surface area contributed by atoms with Crippen LogP contribution in [0.3, 0.4) is 0 Å². The molecule has 1 aliphatic carbocycles. The maximum absolute atomic E-state index is 12.0. The summed E-state index contributed by atoms with van der Waals surface area (Å²) in [7, 11) is 0. The first kappa shape index (κ1) is 13.1. The van der Waals surface area contributed by atoms with Crippen molar-refractivity contribution < 1.29 is 4.79 Å². The van der Waals surface area contributed by atoms with Crippen molar-refractivity contribution in [1.29, 1.82) is 0 Å². The van der Waals surface area contributed by atoms with E-state index >= 15 is 0 Å². The van der Waals surface area contributed by atoms with Gasteiger partial charge in [0.1, 0.15) is 0 Å². The van der Waals surface area contributed by atoms with Gasteiger partial charge in [-0.3, -0.25) is 4.79 Å². The van der Waals surface area contributed by atoms with Gasteiger partial charge in [-0.05, 0) is 72.5 Å². The van der Waals surface area contributed by atoms with Crippen LogP contribution in [0.1, 0.15) is 36.0 Å². The Hall–Kier alpha value is -0.290. The van der Waals surface area contributed by atoms with E-state index in [1.807, 2.05) is 24.3 Å². The van der Waals surface area contributed by atoms with Crippen molar-refractivity contribution in [2.75, 3.05) is 0 Å². The van der Waals surface area contributed by atoms with Gasteiger partial charge >= 0.3 is 0 Å². The highest BCUT2D eigenvalue weighted by atomic mass is 127. The molecule has 0 heterocycles. The lowest BCUT2D eigenvalue weighted by molar-refractivity contribution is 0.0928. The van der Waals surface area contributed by atoms with Gasteiger partial charge in [-0.2, -0.15) is 0 Å². The number of hydrogen-bond donors (Lipinski definition) is 1. The number of carbonyl (C=O) groups is 1. The van der Waals surface area contributed by atoms with Gasteiger partial charge < -0.3 is 5.32 Å². The van der Waals surface area contributed by atoms with Gasteiger partial charge in [-0.25, -0.2) is 0 Å². The molecule has 0 radical (unpaired) electrons. The lowest BCUT2D eigenvalue weighted by Gasteiger charge is -2.25. The van der Waals surface area contributed by atoms with Crippen LogP contribution in [0.15, 0.2) is 24.3 Å². The minimum Gasteiger partial charge on any atom is -0.349 e. The Morgan fingerprint density at radius 2 is 1.76 bits per heavy atom. The summed E-state index contributed by atoms with van der Waals surface area (Å²) in [5.74, 6) is 0.0272. The molecule has 1 aliphatic rings. The highest BCUT2D eigenvalue weighted by molar-refractivity contribution is 14.1. The quantitative estimate of drug-likeness (QED) is 0.632. The number of nitrogens with one attached hydrogen (secondary N) is 1. The Balaban J connectivity index is 1.91. The molecule has 0 atom stereocenters. The summed E-state index contributed by atoms with van der Waals surface area (Å²) in [6.07, 6.45) is 3.98. The second-order valence-electron chi connectivity index (χ2n) is 4.43. The molecule has 1 fully saturated rings. The number of rotatable bonds is 2. The molecule has 92 valence electrons. The van der Waals surface area contributed by atoms with Crippen molar-refractivity contribution in [3.05, 3.63) is 33.4 Å². The zero-order valence-electron chi connectivity index (χ0n) is 9.46. The van der Waals surface area contributed by atoms with E-state index in [9.17, 15) is 4.79 Å². The molecule has 17 heavy (non-hydrogen) atoms. The van der Waals surface area contributed by atoms with Crippen molar-refractivity contribution in [3.63, 3.8) is 0 Å². The summed E-state index contributed by atoms with van der Waals surface area (Å²) >= 11 is 8.27. The van der Waals surface area contributed by atoms with Crippen LogP contribution >= 0.6 is 34.2 Å². The largest absolute Gasteiger partial charge is 0.349 e. The predicted octanol–water partition coefficient (Wildman–Crippen LogP) is 3.57. The lowest BCUT2D eigenvalue weighted by atomic mass is 9.95. The lowest BCUT2D eigenvalue weighted by Crippen LogP contribution is -2.37. The van der Waals surface area contributed by atoms with E-state index in [-0.39, 0.29) is 11.9 Å². The third-order valence-corrected chi connectivity index (χ3v) is 4.25. The number of alkyl halides is 1. The van der Waals surface area contributed by atoms with Gasteiger partial charge in [0.2, 0.25) is 0 Å². The van der Waals surface area contributed by atoms with Crippen molar-refractivity contribution >= 4 is 40.1 Å². The number of hydrogen-bond acceptors (Lipinski definition) is 1. The SMILES string of the molecule is O=C(NC1CCC(Cl)CC1)c1ccc(I)cc1. The van der Waals surface area contributed by atoms with Crippen LogP contribution in [-0.4, -0.2) is 17.3 Å². The zero-order chi connectivity index (χ0) is 12.3. The molecule has 0 bridgehead atoms. The Bertz CT molecular complexity index is 385. The molecule has 1 N–H and O–H groups in total. The number of amides is 1. The van der Waals surface area contributed by atoms with Gasteiger partial charge in [0.15, 0.2) is 0 Å². The third-order valence-electron chi connectivity index (χ3n) is 3.10. The summed E-state index contributed by atoms with van der Waals surface area (Å²) in [5.41, 5.74) is 0.735. The monoisotopic (exact) mass is 363 g/mol. The summed E-state index contributed by atoms with van der Waals surface area (Å²) in [6, 6.07) is 7.92. The van der Waals surface area contributed by atoms with Gasteiger partial charge in [0.25, 0.3) is 5.91 Å². The fourth-order valence-electron chi connectivity index (χ4n) is 2.07. The second kappa shape index (κ2) is 6.05. The van der Waals surface area contributed by atoms with Crippen LogP contribution in [-0.2, 0) is 0 Å². The van der Waals surface area contributed by atoms with Gasteiger partial charge in [-0.1, -0.05) is 0 Å². The van der Waals surface area contributed by atoms with Crippen molar-refractivity contribution in [2.24, 2.45) is 0 Å². The van der Waals surface area contributed by atoms with E-state index in [1.54, 1.807) is 0 Å². The van der Waals surface area contributed by atoms with E-state index in [1.165, 1.54) is 0 Å². The molecule has 2 rings (SSSR count). The maximum atomic E-state index is 12.0. The van der Waals surface area contributed by atoms with Crippen molar-refractivity contribution in [1.82, 2.24) is 5.32 Å². The normalized spacial score (nSPS) is 24.4. The van der Waals surface area contributed by atoms with Crippen LogP contribution < -0.4 is 5.32 Å². The third kappa shape index (κ3) is 3.85. The maximum Gasteiger partial charge on any atom is 0.251 e. The first-order valence-electron chi connectivity index (χ1n) is 5.85. The number of carbonyl (C=O) groups excluding carboxylic acids is 1. The van der Waals surface area contributed by atoms with Crippen molar-refractivity contribution in [3.8, 4) is 0 Å². The summed E-state index contributed by atoms with van der Waals surface area (Å²) < 4.78 is 1.14. The Kier molecular flexibility index (Phi) is 4.68. The molecular weight excluding hydrogens is 349 g/mol. The van der Waals surface area contributed by atoms with E-state index in [0.717, 1.165) is 34.8 Å². The molecule has 4 heteroatoms. The van der Waals surface area contributed by atoms with E-state index < -0.39 is 0 Å². The summed E-state index contributed by atoms with van der Waals surface area (Å²) in [5, 5.41) is 3.37. The standard InChI is InChI=1S/C13H15ClINO/c14-10-3-7-12(8-4-10)16-13(17)9-1-5-11(15)6-2-9/h1-2,5-6,10,12H,3-4,7-8H2,(H,16,17). The molecular formula is C13H15ClINO. The molecule has 0 aliphatic heterocycles. The first-order chi connectivity index (χ1) is 8.15. The Morgan fingerprint density at radius 3 is 2.35 bits per heavy atom. The van der Waals surface area contributed by atoms with Crippen LogP contribution in [0.25, 0.3) is 0 Å². The average Bonchev–Trinajstić information content (AvgIpc) is 2.33. The molecule has 0 saturated heterocycles. The van der Waals surface area contributed by atoms with Crippen LogP contribution in [0.4, 0.5) is 0 Å². The minimum absolute atomic E-state index is 0.0272. The molecule has 0 spiro atoms. The molecule has 1 aromatic carbocycles. The molecule has 1 saturated carbocycles. The van der Waals surface area contributed by atoms with Crippen molar-refractivity contribution in [2.45, 2.75) is 37.1 Å². The smallest absolute Gasteiger partial charge is 0.251 e. The highest BCUT2D eigenvalue weighted by Crippen LogP contribution is 2.23. The van der Waals surface area contributed by atoms with E-state index in [2.05, 4.69) is 27.9 Å². The number of halogens is 2. The molecule has 1 aromatic rings. The topological polar surface area (TPSA) is 29.1 Å². The second-order valence-corrected chi connectivity index (χ2v) is 6.29. The van der Waals surface area contributed by atoms with Gasteiger partial charge in [0, 0.05) is 20.6 Å². The van der Waals surface area contributed by atoms with E-state index in [0.29, 0.717) is 5.38 Å². The highest BCUT2D eigenvalue weighted by Gasteiger charge is 2.21. The molecule has 2 nitrogen and oxygen atoms in total. The predicted molar refractivity (Wildman–Crippen MR) is 78.5 cm³/mol. The average molecular weight is 364 g/mol. The fraction of sp³-hybridized carbons (Fsp3) is 0.462. The van der Waals surface area contributed by atoms with E-state index in [4.69, 9.17) is 11.6 Å². The van der Waals surface area contributed by atoms with Gasteiger partial charge in [0.05, 0.1) is 0 Å². The molecule has 0 unspecified atom stereocenters. The van der Waals surface area contributed by atoms with Crippen LogP contribution in [0.5, 0.6) is 0 Å². The van der Waals surface area contributed by atoms with Gasteiger partial charge in [-0.15, -0.1) is 11.6 Å². The van der Waals surface area contributed by atoms with Crippen LogP contribution in [0, 0.1) is 3.57 Å². The minimum atomic E-state index is 0.0272. The molecule has 0 aromatic heterocycles. The first-order valence-corrected chi connectivity index (χ1v) is 7.37. The molecule has 1 amide bonds. The van der Waals surface area contributed by atoms with Crippen LogP contribution in [0.2, 0.25) is 0 Å². The summed E-state index contributed by atoms with van der Waals surface area (Å²) in [4.78, 5) is 12.0.